The Morgan fingerprint density at radius 1 is 1.09 bits per heavy atom. The maximum atomic E-state index is 13.1. The number of aryl methyl sites for hydroxylation is 1. The second-order valence-electron chi connectivity index (χ2n) is 7.91. The van der Waals surface area contributed by atoms with Crippen molar-refractivity contribution in [2.24, 2.45) is 0 Å². The van der Waals surface area contributed by atoms with E-state index in [1.807, 2.05) is 67.6 Å². The predicted molar refractivity (Wildman–Crippen MR) is 134 cm³/mol. The summed E-state index contributed by atoms with van der Waals surface area (Å²) in [5.74, 6) is 1.12. The Morgan fingerprint density at radius 2 is 1.91 bits per heavy atom. The van der Waals surface area contributed by atoms with E-state index in [2.05, 4.69) is 18.3 Å². The van der Waals surface area contributed by atoms with Crippen LogP contribution in [0.2, 0.25) is 0 Å². The molecule has 0 bridgehead atoms. The molecule has 0 aliphatic carbocycles. The van der Waals surface area contributed by atoms with Gasteiger partial charge in [0.25, 0.3) is 5.91 Å². The molecule has 166 valence electrons. The number of hydrogen-bond donors (Lipinski definition) is 1. The van der Waals surface area contributed by atoms with Crippen molar-refractivity contribution in [3.8, 4) is 16.3 Å². The van der Waals surface area contributed by atoms with Crippen molar-refractivity contribution >= 4 is 44.1 Å². The number of thiazole rings is 1. The summed E-state index contributed by atoms with van der Waals surface area (Å²) < 4.78 is 12.8. The summed E-state index contributed by atoms with van der Waals surface area (Å²) in [5, 5.41) is 4.71. The molecular weight excluding hydrogens is 432 g/mol. The SMILES string of the molecule is CCCCOc1ccc2oc(C)c(C(=O)Nc3ccc(-c4nc5ccccc5s4)cc3)c2c1. The van der Waals surface area contributed by atoms with Crippen LogP contribution in [0, 0.1) is 6.92 Å². The van der Waals surface area contributed by atoms with E-state index >= 15 is 0 Å². The summed E-state index contributed by atoms with van der Waals surface area (Å²) in [6.45, 7) is 4.59. The van der Waals surface area contributed by atoms with Crippen LogP contribution in [0.1, 0.15) is 35.9 Å². The van der Waals surface area contributed by atoms with Gasteiger partial charge >= 0.3 is 0 Å². The Morgan fingerprint density at radius 3 is 2.70 bits per heavy atom. The summed E-state index contributed by atoms with van der Waals surface area (Å²) in [6.07, 6.45) is 2.06. The monoisotopic (exact) mass is 456 g/mol. The first kappa shape index (κ1) is 21.2. The van der Waals surface area contributed by atoms with E-state index in [1.165, 1.54) is 0 Å². The van der Waals surface area contributed by atoms with E-state index in [1.54, 1.807) is 11.3 Å². The first-order chi connectivity index (χ1) is 16.1. The number of aromatic nitrogens is 1. The molecule has 1 amide bonds. The topological polar surface area (TPSA) is 64.4 Å². The lowest BCUT2D eigenvalue weighted by Crippen LogP contribution is -2.12. The van der Waals surface area contributed by atoms with Crippen LogP contribution in [0.25, 0.3) is 31.8 Å². The molecule has 5 aromatic rings. The molecule has 2 heterocycles. The summed E-state index contributed by atoms with van der Waals surface area (Å²) in [5.41, 5.74) is 3.94. The van der Waals surface area contributed by atoms with Gasteiger partial charge in [0.05, 0.1) is 22.4 Å². The van der Waals surface area contributed by atoms with Crippen molar-refractivity contribution in [1.82, 2.24) is 4.98 Å². The van der Waals surface area contributed by atoms with Gasteiger partial charge in [-0.15, -0.1) is 11.3 Å². The van der Waals surface area contributed by atoms with Crippen LogP contribution in [0.15, 0.2) is 71.1 Å². The number of rotatable bonds is 7. The first-order valence-corrected chi connectivity index (χ1v) is 11.9. The lowest BCUT2D eigenvalue weighted by Gasteiger charge is -2.07. The summed E-state index contributed by atoms with van der Waals surface area (Å²) in [6, 6.07) is 21.5. The third kappa shape index (κ3) is 4.34. The van der Waals surface area contributed by atoms with Crippen LogP contribution in [0.4, 0.5) is 5.69 Å². The zero-order chi connectivity index (χ0) is 22.8. The normalized spacial score (nSPS) is 11.2. The fraction of sp³-hybridized carbons (Fsp3) is 0.185. The van der Waals surface area contributed by atoms with Gasteiger partial charge in [-0.3, -0.25) is 4.79 Å². The van der Waals surface area contributed by atoms with Crippen LogP contribution >= 0.6 is 11.3 Å². The van der Waals surface area contributed by atoms with Crippen LogP contribution in [0.3, 0.4) is 0 Å². The van der Waals surface area contributed by atoms with Crippen LogP contribution in [-0.4, -0.2) is 17.5 Å². The number of unbranched alkanes of at least 4 members (excludes halogenated alkanes) is 1. The van der Waals surface area contributed by atoms with Crippen molar-refractivity contribution < 1.29 is 13.9 Å². The molecular formula is C27H24N2O3S. The lowest BCUT2D eigenvalue weighted by atomic mass is 10.1. The van der Waals surface area contributed by atoms with E-state index in [0.717, 1.165) is 44.8 Å². The second-order valence-corrected chi connectivity index (χ2v) is 8.94. The molecule has 0 aliphatic rings. The molecule has 0 atom stereocenters. The van der Waals surface area contributed by atoms with Crippen molar-refractivity contribution in [2.45, 2.75) is 26.7 Å². The van der Waals surface area contributed by atoms with E-state index in [0.29, 0.717) is 29.2 Å². The molecule has 2 aromatic heterocycles. The Bertz CT molecular complexity index is 1400. The molecule has 0 saturated carbocycles. The minimum Gasteiger partial charge on any atom is -0.494 e. The summed E-state index contributed by atoms with van der Waals surface area (Å²) in [7, 11) is 0. The number of fused-ring (bicyclic) bond motifs is 2. The van der Waals surface area contributed by atoms with Crippen LogP contribution in [-0.2, 0) is 0 Å². The zero-order valence-electron chi connectivity index (χ0n) is 18.6. The third-order valence-electron chi connectivity index (χ3n) is 5.51. The maximum absolute atomic E-state index is 13.1. The van der Waals surface area contributed by atoms with Gasteiger partial charge in [0.2, 0.25) is 0 Å². The maximum Gasteiger partial charge on any atom is 0.259 e. The number of benzene rings is 3. The van der Waals surface area contributed by atoms with E-state index in [9.17, 15) is 4.79 Å². The molecule has 0 unspecified atom stereocenters. The number of anilines is 1. The number of nitrogens with one attached hydrogen (secondary N) is 1. The van der Waals surface area contributed by atoms with Crippen LogP contribution in [0.5, 0.6) is 5.75 Å². The highest BCUT2D eigenvalue weighted by Crippen LogP contribution is 2.32. The number of hydrogen-bond acceptors (Lipinski definition) is 5. The fourth-order valence-electron chi connectivity index (χ4n) is 3.79. The first-order valence-electron chi connectivity index (χ1n) is 11.1. The van der Waals surface area contributed by atoms with Gasteiger partial charge in [-0.1, -0.05) is 25.5 Å². The minimum atomic E-state index is -0.204. The zero-order valence-corrected chi connectivity index (χ0v) is 19.4. The second kappa shape index (κ2) is 9.08. The van der Waals surface area contributed by atoms with Gasteiger partial charge < -0.3 is 14.5 Å². The number of furan rings is 1. The van der Waals surface area contributed by atoms with Gasteiger partial charge in [0.1, 0.15) is 22.1 Å². The number of carbonyl (C=O) groups is 1. The van der Waals surface area contributed by atoms with E-state index in [4.69, 9.17) is 14.1 Å². The summed E-state index contributed by atoms with van der Waals surface area (Å²) >= 11 is 1.66. The third-order valence-corrected chi connectivity index (χ3v) is 6.60. The number of ether oxygens (including phenoxy) is 1. The largest absolute Gasteiger partial charge is 0.494 e. The van der Waals surface area contributed by atoms with Gasteiger partial charge in [0, 0.05) is 16.6 Å². The molecule has 33 heavy (non-hydrogen) atoms. The van der Waals surface area contributed by atoms with Gasteiger partial charge in [0.15, 0.2) is 0 Å². The molecule has 1 N–H and O–H groups in total. The molecule has 0 aliphatic heterocycles. The van der Waals surface area contributed by atoms with Crippen molar-refractivity contribution in [1.29, 1.82) is 0 Å². The molecule has 6 heteroatoms. The number of para-hydroxylation sites is 1. The average molecular weight is 457 g/mol. The number of nitrogens with zero attached hydrogens (tertiary/aromatic N) is 1. The Kier molecular flexibility index (Phi) is 5.84. The molecule has 0 fully saturated rings. The minimum absolute atomic E-state index is 0.204. The highest BCUT2D eigenvalue weighted by atomic mass is 32.1. The molecule has 0 saturated heterocycles. The number of amides is 1. The van der Waals surface area contributed by atoms with E-state index < -0.39 is 0 Å². The quantitative estimate of drug-likeness (QED) is 0.258. The molecule has 0 radical (unpaired) electrons. The lowest BCUT2D eigenvalue weighted by molar-refractivity contribution is 0.102. The Hall–Kier alpha value is -3.64. The van der Waals surface area contributed by atoms with Crippen molar-refractivity contribution in [3.05, 3.63) is 78.1 Å². The van der Waals surface area contributed by atoms with Crippen LogP contribution < -0.4 is 10.1 Å². The molecule has 0 spiro atoms. The smallest absolute Gasteiger partial charge is 0.259 e. The Balaban J connectivity index is 1.36. The van der Waals surface area contributed by atoms with Crippen molar-refractivity contribution in [2.75, 3.05) is 11.9 Å². The highest BCUT2D eigenvalue weighted by molar-refractivity contribution is 7.21. The standard InChI is InChI=1S/C27H24N2O3S/c1-3-4-15-31-20-13-14-23-21(16-20)25(17(2)32-23)26(30)28-19-11-9-18(10-12-19)27-29-22-7-5-6-8-24(22)33-27/h5-14,16H,3-4,15H2,1-2H3,(H,28,30). The molecule has 5 nitrogen and oxygen atoms in total. The summed E-state index contributed by atoms with van der Waals surface area (Å²) in [4.78, 5) is 17.8. The number of carbonyl (C=O) groups excluding carboxylic acids is 1. The Labute approximate surface area is 196 Å². The van der Waals surface area contributed by atoms with Crippen molar-refractivity contribution in [3.63, 3.8) is 0 Å². The molecule has 5 rings (SSSR count). The van der Waals surface area contributed by atoms with Gasteiger partial charge in [-0.05, 0) is 67.9 Å². The highest BCUT2D eigenvalue weighted by Gasteiger charge is 2.19. The fourth-order valence-corrected chi connectivity index (χ4v) is 4.76. The van der Waals surface area contributed by atoms with Gasteiger partial charge in [-0.2, -0.15) is 0 Å². The van der Waals surface area contributed by atoms with E-state index in [-0.39, 0.29) is 5.91 Å². The van der Waals surface area contributed by atoms with Gasteiger partial charge in [-0.25, -0.2) is 4.98 Å². The predicted octanol–water partition coefficient (Wildman–Crippen LogP) is 7.45. The molecule has 3 aromatic carbocycles. The average Bonchev–Trinajstić information content (AvgIpc) is 3.40.